The van der Waals surface area contributed by atoms with Crippen molar-refractivity contribution in [1.29, 1.82) is 0 Å². The number of halogens is 1. The number of carbonyl (C=O) groups excluding carboxylic acids is 1. The highest BCUT2D eigenvalue weighted by Gasteiger charge is 2.33. The highest BCUT2D eigenvalue weighted by atomic mass is 35.5. The van der Waals surface area contributed by atoms with E-state index < -0.39 is 0 Å². The molecular weight excluding hydrogens is 262 g/mol. The van der Waals surface area contributed by atoms with Gasteiger partial charge in [-0.25, -0.2) is 0 Å². The average molecular weight is 284 g/mol. The Hall–Kier alpha value is -1.00. The summed E-state index contributed by atoms with van der Waals surface area (Å²) in [5.74, 6) is 0.493. The number of nitrogens with two attached hydrogens (primary N) is 1. The van der Waals surface area contributed by atoms with Crippen molar-refractivity contribution in [1.82, 2.24) is 9.47 Å². The van der Waals surface area contributed by atoms with E-state index in [9.17, 15) is 4.79 Å². The van der Waals surface area contributed by atoms with Crippen molar-refractivity contribution in [3.63, 3.8) is 0 Å². The van der Waals surface area contributed by atoms with Crippen molar-refractivity contribution in [2.45, 2.75) is 39.3 Å². The van der Waals surface area contributed by atoms with Crippen LogP contribution in [0.4, 0.5) is 0 Å². The number of aryl methyl sites for hydroxylation is 1. The lowest BCUT2D eigenvalue weighted by molar-refractivity contribution is 0.0732. The fraction of sp³-hybridized carbons (Fsp3) is 0.643. The van der Waals surface area contributed by atoms with E-state index in [2.05, 4.69) is 13.8 Å². The second-order valence-electron chi connectivity index (χ2n) is 5.38. The van der Waals surface area contributed by atoms with E-state index >= 15 is 0 Å². The number of carbonyl (C=O) groups is 1. The van der Waals surface area contributed by atoms with Gasteiger partial charge in [-0.2, -0.15) is 0 Å². The molecule has 1 aliphatic rings. The molecule has 1 aliphatic heterocycles. The Kier molecular flexibility index (Phi) is 4.53. The van der Waals surface area contributed by atoms with Gasteiger partial charge in [0, 0.05) is 25.3 Å². The Morgan fingerprint density at radius 3 is 2.89 bits per heavy atom. The van der Waals surface area contributed by atoms with Crippen LogP contribution in [0.25, 0.3) is 0 Å². The van der Waals surface area contributed by atoms with Crippen LogP contribution in [0.5, 0.6) is 0 Å². The quantitative estimate of drug-likeness (QED) is 0.922. The van der Waals surface area contributed by atoms with E-state index in [-0.39, 0.29) is 11.9 Å². The minimum Gasteiger partial charge on any atom is -0.342 e. The SMILES string of the molecule is CCCn1cc(Cl)cc1C(=O)N1CC(CN)CC1C. The number of hydrogen-bond acceptors (Lipinski definition) is 2. The molecule has 1 aromatic heterocycles. The lowest BCUT2D eigenvalue weighted by Gasteiger charge is -2.22. The molecule has 1 amide bonds. The topological polar surface area (TPSA) is 51.3 Å². The van der Waals surface area contributed by atoms with Crippen LogP contribution in [0.2, 0.25) is 5.02 Å². The molecule has 1 aromatic rings. The van der Waals surface area contributed by atoms with Gasteiger partial charge >= 0.3 is 0 Å². The summed E-state index contributed by atoms with van der Waals surface area (Å²) in [6.07, 6.45) is 3.80. The molecule has 0 spiro atoms. The van der Waals surface area contributed by atoms with Gasteiger partial charge in [0.2, 0.25) is 0 Å². The molecule has 0 aromatic carbocycles. The maximum Gasteiger partial charge on any atom is 0.270 e. The molecule has 4 nitrogen and oxygen atoms in total. The molecule has 106 valence electrons. The average Bonchev–Trinajstić information content (AvgIpc) is 2.92. The first-order chi connectivity index (χ1) is 9.06. The van der Waals surface area contributed by atoms with Gasteiger partial charge in [0.1, 0.15) is 5.69 Å². The molecule has 1 saturated heterocycles. The zero-order chi connectivity index (χ0) is 14.0. The van der Waals surface area contributed by atoms with Gasteiger partial charge in [0.05, 0.1) is 5.02 Å². The van der Waals surface area contributed by atoms with E-state index in [1.807, 2.05) is 15.7 Å². The van der Waals surface area contributed by atoms with Crippen LogP contribution in [0.3, 0.4) is 0 Å². The number of rotatable bonds is 4. The number of hydrogen-bond donors (Lipinski definition) is 1. The number of likely N-dealkylation sites (tertiary alicyclic amines) is 1. The van der Waals surface area contributed by atoms with Crippen molar-refractivity contribution in [3.05, 3.63) is 23.0 Å². The van der Waals surface area contributed by atoms with Crippen molar-refractivity contribution >= 4 is 17.5 Å². The Morgan fingerprint density at radius 2 is 2.32 bits per heavy atom. The summed E-state index contributed by atoms with van der Waals surface area (Å²) in [6, 6.07) is 2.02. The van der Waals surface area contributed by atoms with E-state index in [0.29, 0.717) is 23.2 Å². The van der Waals surface area contributed by atoms with Gasteiger partial charge in [-0.15, -0.1) is 0 Å². The van der Waals surface area contributed by atoms with E-state index in [4.69, 9.17) is 17.3 Å². The highest BCUT2D eigenvalue weighted by molar-refractivity contribution is 6.31. The van der Waals surface area contributed by atoms with Crippen LogP contribution >= 0.6 is 11.6 Å². The summed E-state index contributed by atoms with van der Waals surface area (Å²) in [6.45, 7) is 6.39. The van der Waals surface area contributed by atoms with Gasteiger partial charge in [-0.05, 0) is 38.3 Å². The van der Waals surface area contributed by atoms with Gasteiger partial charge in [-0.3, -0.25) is 4.79 Å². The van der Waals surface area contributed by atoms with Crippen LogP contribution < -0.4 is 5.73 Å². The van der Waals surface area contributed by atoms with Gasteiger partial charge in [-0.1, -0.05) is 18.5 Å². The summed E-state index contributed by atoms with van der Waals surface area (Å²) in [5.41, 5.74) is 6.41. The van der Waals surface area contributed by atoms with Crippen molar-refractivity contribution in [3.8, 4) is 0 Å². The van der Waals surface area contributed by atoms with E-state index in [1.54, 1.807) is 6.07 Å². The molecule has 19 heavy (non-hydrogen) atoms. The predicted octanol–water partition coefficient (Wildman–Crippen LogP) is 2.36. The van der Waals surface area contributed by atoms with E-state index in [1.165, 1.54) is 0 Å². The molecule has 0 aliphatic carbocycles. The third kappa shape index (κ3) is 2.95. The first-order valence-electron chi connectivity index (χ1n) is 6.93. The van der Waals surface area contributed by atoms with Crippen LogP contribution in [0.1, 0.15) is 37.2 Å². The molecule has 0 saturated carbocycles. The standard InChI is InChI=1S/C14H22ClN3O/c1-3-4-17-9-12(15)6-13(17)14(19)18-8-11(7-16)5-10(18)2/h6,9-11H,3-5,7-8,16H2,1-2H3. The first-order valence-corrected chi connectivity index (χ1v) is 7.31. The monoisotopic (exact) mass is 283 g/mol. The van der Waals surface area contributed by atoms with Crippen LogP contribution in [0, 0.1) is 5.92 Å². The number of amides is 1. The maximum absolute atomic E-state index is 12.6. The van der Waals surface area contributed by atoms with Crippen LogP contribution in [-0.2, 0) is 6.54 Å². The summed E-state index contributed by atoms with van der Waals surface area (Å²) >= 11 is 6.03. The smallest absolute Gasteiger partial charge is 0.270 e. The minimum atomic E-state index is 0.0730. The van der Waals surface area contributed by atoms with Crippen molar-refractivity contribution in [2.75, 3.05) is 13.1 Å². The Morgan fingerprint density at radius 1 is 1.58 bits per heavy atom. The zero-order valence-corrected chi connectivity index (χ0v) is 12.4. The highest BCUT2D eigenvalue weighted by Crippen LogP contribution is 2.25. The minimum absolute atomic E-state index is 0.0730. The molecule has 2 N–H and O–H groups in total. The molecule has 5 heteroatoms. The predicted molar refractivity (Wildman–Crippen MR) is 77.4 cm³/mol. The second-order valence-corrected chi connectivity index (χ2v) is 5.82. The van der Waals surface area contributed by atoms with Gasteiger partial charge in [0.25, 0.3) is 5.91 Å². The summed E-state index contributed by atoms with van der Waals surface area (Å²) < 4.78 is 1.95. The summed E-state index contributed by atoms with van der Waals surface area (Å²) in [4.78, 5) is 14.6. The molecule has 2 rings (SSSR count). The van der Waals surface area contributed by atoms with Gasteiger partial charge in [0.15, 0.2) is 0 Å². The van der Waals surface area contributed by atoms with Crippen molar-refractivity contribution < 1.29 is 4.79 Å². The Bertz CT molecular complexity index is 458. The fourth-order valence-corrected chi connectivity index (χ4v) is 3.04. The molecule has 1 fully saturated rings. The summed E-state index contributed by atoms with van der Waals surface area (Å²) in [5, 5.41) is 0.624. The normalized spacial score (nSPS) is 23.1. The van der Waals surface area contributed by atoms with Gasteiger partial charge < -0.3 is 15.2 Å². The molecular formula is C14H22ClN3O. The lowest BCUT2D eigenvalue weighted by atomic mass is 10.1. The molecule has 2 atom stereocenters. The third-order valence-electron chi connectivity index (χ3n) is 3.80. The molecule has 0 radical (unpaired) electrons. The Labute approximate surface area is 119 Å². The first kappa shape index (κ1) is 14.4. The van der Waals surface area contributed by atoms with Crippen molar-refractivity contribution in [2.24, 2.45) is 11.7 Å². The lowest BCUT2D eigenvalue weighted by Crippen LogP contribution is -2.35. The zero-order valence-electron chi connectivity index (χ0n) is 11.6. The number of nitrogens with zero attached hydrogens (tertiary/aromatic N) is 2. The van der Waals surface area contributed by atoms with Crippen LogP contribution in [-0.4, -0.2) is 34.5 Å². The van der Waals surface area contributed by atoms with E-state index in [0.717, 1.165) is 25.9 Å². The summed E-state index contributed by atoms with van der Waals surface area (Å²) in [7, 11) is 0. The largest absolute Gasteiger partial charge is 0.342 e. The molecule has 0 bridgehead atoms. The van der Waals surface area contributed by atoms with Crippen LogP contribution in [0.15, 0.2) is 12.3 Å². The maximum atomic E-state index is 12.6. The Balaban J connectivity index is 2.19. The third-order valence-corrected chi connectivity index (χ3v) is 4.01. The fourth-order valence-electron chi connectivity index (χ4n) is 2.82. The molecule has 2 heterocycles. The number of aromatic nitrogens is 1. The second kappa shape index (κ2) is 5.97. The molecule has 2 unspecified atom stereocenters.